The summed E-state index contributed by atoms with van der Waals surface area (Å²) in [5.41, 5.74) is -0.285. The van der Waals surface area contributed by atoms with Crippen LogP contribution in [-0.2, 0) is 5.92 Å². The van der Waals surface area contributed by atoms with E-state index in [0.717, 1.165) is 45.1 Å². The maximum Gasteiger partial charge on any atom is 0.271 e. The van der Waals surface area contributed by atoms with E-state index in [9.17, 15) is 22.7 Å². The molecule has 200 valence electrons. The smallest absolute Gasteiger partial charge is 0.271 e. The minimum Gasteiger partial charge on any atom is -0.508 e. The van der Waals surface area contributed by atoms with Crippen molar-refractivity contribution in [1.29, 1.82) is 0 Å². The summed E-state index contributed by atoms with van der Waals surface area (Å²) in [7, 11) is 0. The van der Waals surface area contributed by atoms with Crippen molar-refractivity contribution in [2.75, 3.05) is 26.3 Å². The van der Waals surface area contributed by atoms with Gasteiger partial charge in [-0.1, -0.05) is 6.07 Å². The molecule has 1 aromatic heterocycles. The molecule has 1 N–H and O–H groups in total. The Morgan fingerprint density at radius 3 is 2.55 bits per heavy atom. The van der Waals surface area contributed by atoms with Crippen LogP contribution < -0.4 is 9.47 Å². The van der Waals surface area contributed by atoms with Crippen LogP contribution in [0.1, 0.15) is 25.3 Å². The van der Waals surface area contributed by atoms with E-state index >= 15 is 0 Å². The lowest BCUT2D eigenvalue weighted by atomic mass is 10.00. The first-order valence-electron chi connectivity index (χ1n) is 12.4. The maximum absolute atomic E-state index is 14.5. The van der Waals surface area contributed by atoms with Crippen LogP contribution in [0, 0.1) is 5.82 Å². The highest BCUT2D eigenvalue weighted by molar-refractivity contribution is 7.22. The van der Waals surface area contributed by atoms with Crippen molar-refractivity contribution >= 4 is 21.4 Å². The molecule has 0 radical (unpaired) electrons. The Labute approximate surface area is 222 Å². The fraction of sp³-hybridized carbons (Fsp3) is 0.310. The zero-order valence-electron chi connectivity index (χ0n) is 20.7. The highest BCUT2D eigenvalue weighted by atomic mass is 32.1. The van der Waals surface area contributed by atoms with Gasteiger partial charge in [0.1, 0.15) is 29.2 Å². The number of thiophene rings is 1. The number of aromatic hydroxyl groups is 1. The number of fused-ring (bicyclic) bond motifs is 1. The van der Waals surface area contributed by atoms with Crippen LogP contribution in [0.4, 0.5) is 17.6 Å². The van der Waals surface area contributed by atoms with Crippen LogP contribution >= 0.6 is 11.3 Å². The van der Waals surface area contributed by atoms with Crippen molar-refractivity contribution in [3.63, 3.8) is 0 Å². The molecule has 2 heterocycles. The molecule has 1 fully saturated rings. The molecule has 0 saturated carbocycles. The molecular weight excluding hydrogens is 518 g/mol. The summed E-state index contributed by atoms with van der Waals surface area (Å²) in [6, 6.07) is 15.1. The van der Waals surface area contributed by atoms with Crippen molar-refractivity contribution in [3.05, 3.63) is 72.0 Å². The van der Waals surface area contributed by atoms with Gasteiger partial charge in [-0.3, -0.25) is 9.29 Å². The number of nitrogens with zero attached hydrogens (tertiary/aromatic N) is 1. The number of phenolic OH excluding ortho intramolecular Hbond substituents is 1. The number of rotatable bonds is 9. The first-order chi connectivity index (χ1) is 18.2. The molecule has 5 rings (SSSR count). The van der Waals surface area contributed by atoms with Crippen molar-refractivity contribution in [2.45, 2.75) is 31.8 Å². The number of halogens is 4. The molecule has 9 heteroatoms. The van der Waals surface area contributed by atoms with Gasteiger partial charge in [-0.15, -0.1) is 11.3 Å². The van der Waals surface area contributed by atoms with Crippen molar-refractivity contribution < 1.29 is 32.1 Å². The zero-order valence-corrected chi connectivity index (χ0v) is 21.5. The number of likely N-dealkylation sites (tertiary alicyclic amines) is 1. The van der Waals surface area contributed by atoms with Gasteiger partial charge in [0.2, 0.25) is 0 Å². The number of ether oxygens (including phenoxy) is 2. The predicted molar refractivity (Wildman–Crippen MR) is 141 cm³/mol. The third-order valence-corrected chi connectivity index (χ3v) is 7.68. The van der Waals surface area contributed by atoms with Gasteiger partial charge in [0.25, 0.3) is 5.92 Å². The van der Waals surface area contributed by atoms with E-state index in [1.165, 1.54) is 23.5 Å². The van der Waals surface area contributed by atoms with E-state index in [-0.39, 0.29) is 24.1 Å². The lowest BCUT2D eigenvalue weighted by Crippen LogP contribution is -2.26. The van der Waals surface area contributed by atoms with E-state index in [1.807, 2.05) is 0 Å². The van der Waals surface area contributed by atoms with E-state index in [1.54, 1.807) is 36.4 Å². The minimum absolute atomic E-state index is 0.0223. The molecule has 38 heavy (non-hydrogen) atoms. The molecule has 1 saturated heterocycles. The highest BCUT2D eigenvalue weighted by Crippen LogP contribution is 2.50. The SMILES string of the molecule is CC(F)(F)c1cc(F)ccc1-c1sc2cc(O)ccc2c1Oc1ccc(OC2CCN(CCCF)C2)cc1. The molecule has 0 bridgehead atoms. The van der Waals surface area contributed by atoms with E-state index < -0.39 is 17.3 Å². The van der Waals surface area contributed by atoms with Crippen molar-refractivity contribution in [3.8, 4) is 33.4 Å². The van der Waals surface area contributed by atoms with Gasteiger partial charge in [-0.25, -0.2) is 13.2 Å². The standard InChI is InChI=1S/C29H27F4NO3S/c1-29(32,33)25-15-18(31)3-9-23(25)28-27(24-10-4-19(35)16-26(24)38-28)37-21-7-5-20(6-8-21)36-22-11-14-34(17-22)13-2-12-30/h3-10,15-16,22,35H,2,11-14,17H2,1H3. The number of phenols is 1. The molecule has 4 aromatic rings. The van der Waals surface area contributed by atoms with Crippen LogP contribution in [-0.4, -0.2) is 42.4 Å². The molecule has 4 nitrogen and oxygen atoms in total. The molecule has 0 aliphatic carbocycles. The fourth-order valence-corrected chi connectivity index (χ4v) is 5.90. The monoisotopic (exact) mass is 545 g/mol. The average molecular weight is 546 g/mol. The minimum atomic E-state index is -3.28. The summed E-state index contributed by atoms with van der Waals surface area (Å²) < 4.78 is 68.3. The Kier molecular flexibility index (Phi) is 7.49. The Morgan fingerprint density at radius 2 is 1.82 bits per heavy atom. The number of benzene rings is 3. The number of hydrogen-bond donors (Lipinski definition) is 1. The van der Waals surface area contributed by atoms with Crippen molar-refractivity contribution in [2.24, 2.45) is 0 Å². The number of hydrogen-bond acceptors (Lipinski definition) is 5. The molecule has 0 spiro atoms. The Bertz CT molecular complexity index is 1420. The van der Waals surface area contributed by atoms with Crippen LogP contribution in [0.3, 0.4) is 0 Å². The summed E-state index contributed by atoms with van der Waals surface area (Å²) in [6.07, 6.45) is 1.41. The van der Waals surface area contributed by atoms with Gasteiger partial charge in [0.05, 0.1) is 11.6 Å². The Hall–Kier alpha value is -3.30. The van der Waals surface area contributed by atoms with Crippen LogP contribution in [0.2, 0.25) is 0 Å². The third-order valence-electron chi connectivity index (χ3n) is 6.51. The van der Waals surface area contributed by atoms with Gasteiger partial charge in [-0.2, -0.15) is 0 Å². The first-order valence-corrected chi connectivity index (χ1v) is 13.2. The Balaban J connectivity index is 1.43. The summed E-state index contributed by atoms with van der Waals surface area (Å²) in [5.74, 6) is -2.53. The average Bonchev–Trinajstić information content (AvgIpc) is 3.47. The second-order valence-corrected chi connectivity index (χ2v) is 10.5. The molecule has 1 unspecified atom stereocenters. The lowest BCUT2D eigenvalue weighted by molar-refractivity contribution is 0.0178. The quantitative estimate of drug-likeness (QED) is 0.216. The van der Waals surface area contributed by atoms with E-state index in [2.05, 4.69) is 4.90 Å². The van der Waals surface area contributed by atoms with Gasteiger partial charge in [0, 0.05) is 47.8 Å². The van der Waals surface area contributed by atoms with Crippen LogP contribution in [0.15, 0.2) is 60.7 Å². The summed E-state index contributed by atoms with van der Waals surface area (Å²) >= 11 is 1.18. The van der Waals surface area contributed by atoms with Gasteiger partial charge in [0.15, 0.2) is 5.75 Å². The zero-order chi connectivity index (χ0) is 26.9. The topological polar surface area (TPSA) is 41.9 Å². The maximum atomic E-state index is 14.5. The van der Waals surface area contributed by atoms with Crippen molar-refractivity contribution in [1.82, 2.24) is 4.90 Å². The molecule has 0 amide bonds. The summed E-state index contributed by atoms with van der Waals surface area (Å²) in [6.45, 7) is 2.75. The molecule has 1 aliphatic rings. The third kappa shape index (κ3) is 5.73. The highest BCUT2D eigenvalue weighted by Gasteiger charge is 2.31. The molecular formula is C29H27F4NO3S. The molecule has 1 atom stereocenters. The summed E-state index contributed by atoms with van der Waals surface area (Å²) in [5, 5.41) is 10.6. The van der Waals surface area contributed by atoms with Gasteiger partial charge >= 0.3 is 0 Å². The van der Waals surface area contributed by atoms with Gasteiger partial charge < -0.3 is 14.6 Å². The van der Waals surface area contributed by atoms with Crippen LogP contribution in [0.25, 0.3) is 20.5 Å². The number of alkyl halides is 3. The first kappa shape index (κ1) is 26.3. The van der Waals surface area contributed by atoms with Crippen LogP contribution in [0.5, 0.6) is 23.0 Å². The van der Waals surface area contributed by atoms with Gasteiger partial charge in [-0.05, 0) is 67.4 Å². The molecule has 1 aliphatic heterocycles. The lowest BCUT2D eigenvalue weighted by Gasteiger charge is -2.17. The fourth-order valence-electron chi connectivity index (χ4n) is 4.69. The largest absolute Gasteiger partial charge is 0.508 e. The summed E-state index contributed by atoms with van der Waals surface area (Å²) in [4.78, 5) is 2.59. The van der Waals surface area contributed by atoms with E-state index in [0.29, 0.717) is 38.6 Å². The Morgan fingerprint density at radius 1 is 1.05 bits per heavy atom. The molecule has 3 aromatic carbocycles. The second-order valence-electron chi connectivity index (χ2n) is 9.46. The van der Waals surface area contributed by atoms with E-state index in [4.69, 9.17) is 9.47 Å². The predicted octanol–water partition coefficient (Wildman–Crippen LogP) is 8.13. The normalized spacial score (nSPS) is 16.3. The second kappa shape index (κ2) is 10.8.